The van der Waals surface area contributed by atoms with Gasteiger partial charge in [0.15, 0.2) is 5.78 Å². The minimum atomic E-state index is -1.16. The van der Waals surface area contributed by atoms with Crippen molar-refractivity contribution in [3.05, 3.63) is 22.8 Å². The fourth-order valence-corrected chi connectivity index (χ4v) is 7.23. The van der Waals surface area contributed by atoms with Gasteiger partial charge in [0.25, 0.3) is 0 Å². The van der Waals surface area contributed by atoms with Crippen LogP contribution in [0.5, 0.6) is 0 Å². The van der Waals surface area contributed by atoms with Crippen LogP contribution in [-0.4, -0.2) is 11.8 Å². The van der Waals surface area contributed by atoms with E-state index in [1.165, 1.54) is 5.57 Å². The van der Waals surface area contributed by atoms with Crippen molar-refractivity contribution in [2.24, 2.45) is 28.6 Å². The Morgan fingerprint density at radius 1 is 1.14 bits per heavy atom. The summed E-state index contributed by atoms with van der Waals surface area (Å²) in [4.78, 5) is 23.0. The molecule has 0 bridgehead atoms. The molecular formula is C23H28NNaO3. The van der Waals surface area contributed by atoms with Crippen LogP contribution in [0.3, 0.4) is 0 Å². The summed E-state index contributed by atoms with van der Waals surface area (Å²) in [5.41, 5.74) is 2.98. The molecule has 5 atom stereocenters. The van der Waals surface area contributed by atoms with Crippen LogP contribution in [0.2, 0.25) is 0 Å². The van der Waals surface area contributed by atoms with Gasteiger partial charge in [0, 0.05) is 24.4 Å². The Morgan fingerprint density at radius 2 is 1.86 bits per heavy atom. The SMILES string of the molecule is C[C@]12CCC(=O)C=C1CCC1C2CC[C@]2(C)C(=C(C#N)CC(=O)[O-])CCC12.[Na+]. The minimum absolute atomic E-state index is 0. The molecule has 0 aromatic carbocycles. The summed E-state index contributed by atoms with van der Waals surface area (Å²) < 4.78 is 0. The van der Waals surface area contributed by atoms with Gasteiger partial charge in [-0.3, -0.25) is 4.79 Å². The molecule has 0 aliphatic heterocycles. The zero-order valence-corrected chi connectivity index (χ0v) is 19.3. The molecule has 0 radical (unpaired) electrons. The second kappa shape index (κ2) is 7.74. The molecule has 0 aromatic heterocycles. The number of nitriles is 1. The van der Waals surface area contributed by atoms with E-state index in [2.05, 4.69) is 19.9 Å². The predicted octanol–water partition coefficient (Wildman–Crippen LogP) is 0.482. The van der Waals surface area contributed by atoms with Crippen molar-refractivity contribution in [3.63, 3.8) is 0 Å². The molecule has 4 aliphatic carbocycles. The maximum atomic E-state index is 11.9. The van der Waals surface area contributed by atoms with E-state index in [1.807, 2.05) is 6.08 Å². The molecule has 5 heteroatoms. The van der Waals surface area contributed by atoms with E-state index in [1.54, 1.807) is 0 Å². The first-order valence-corrected chi connectivity index (χ1v) is 10.4. The molecular weight excluding hydrogens is 361 g/mol. The van der Waals surface area contributed by atoms with Gasteiger partial charge in [0.2, 0.25) is 0 Å². The number of hydrogen-bond acceptors (Lipinski definition) is 4. The van der Waals surface area contributed by atoms with E-state index in [0.29, 0.717) is 29.7 Å². The van der Waals surface area contributed by atoms with E-state index in [0.717, 1.165) is 50.5 Å². The standard InChI is InChI=1S/C23H29NO3.Na/c1-22-9-7-16(25)12-15(22)3-4-17-19-6-5-18(14(13-24)11-21(26)27)23(19,2)10-8-20(17)22;/h12,17,19-20H,3-11H2,1-2H3,(H,26,27);/q;+1/p-1/t17?,19?,20?,22-,23+;/m0./s1. The molecule has 4 rings (SSSR count). The van der Waals surface area contributed by atoms with Crippen molar-refractivity contribution >= 4 is 11.8 Å². The molecule has 4 nitrogen and oxygen atoms in total. The van der Waals surface area contributed by atoms with E-state index < -0.39 is 5.97 Å². The summed E-state index contributed by atoms with van der Waals surface area (Å²) >= 11 is 0. The van der Waals surface area contributed by atoms with Gasteiger partial charge in [0.05, 0.1) is 6.07 Å². The maximum Gasteiger partial charge on any atom is 1.00 e. The van der Waals surface area contributed by atoms with Crippen LogP contribution in [0.25, 0.3) is 0 Å². The number of nitrogens with zero attached hydrogens (tertiary/aromatic N) is 1. The van der Waals surface area contributed by atoms with Gasteiger partial charge < -0.3 is 9.90 Å². The van der Waals surface area contributed by atoms with Gasteiger partial charge in [-0.25, -0.2) is 0 Å². The molecule has 3 saturated carbocycles. The number of ketones is 1. The predicted molar refractivity (Wildman–Crippen MR) is 99.0 cm³/mol. The van der Waals surface area contributed by atoms with Crippen molar-refractivity contribution in [2.75, 3.05) is 0 Å². The Morgan fingerprint density at radius 3 is 2.54 bits per heavy atom. The third-order valence-corrected chi connectivity index (χ3v) is 8.57. The molecule has 144 valence electrons. The Hall–Kier alpha value is -0.890. The molecule has 0 saturated heterocycles. The topological polar surface area (TPSA) is 81.0 Å². The molecule has 28 heavy (non-hydrogen) atoms. The normalized spacial score (nSPS) is 40.8. The van der Waals surface area contributed by atoms with Crippen LogP contribution >= 0.6 is 0 Å². The number of carbonyl (C=O) groups excluding carboxylic acids is 2. The van der Waals surface area contributed by atoms with E-state index in [9.17, 15) is 20.0 Å². The van der Waals surface area contributed by atoms with Gasteiger partial charge >= 0.3 is 29.6 Å². The molecule has 3 unspecified atom stereocenters. The molecule has 0 N–H and O–H groups in total. The van der Waals surface area contributed by atoms with Crippen LogP contribution in [0, 0.1) is 39.9 Å². The zero-order valence-electron chi connectivity index (χ0n) is 17.3. The summed E-state index contributed by atoms with van der Waals surface area (Å²) in [5, 5.41) is 20.7. The first-order valence-electron chi connectivity index (χ1n) is 10.4. The zero-order chi connectivity index (χ0) is 19.4. The third-order valence-electron chi connectivity index (χ3n) is 8.57. The van der Waals surface area contributed by atoms with Crippen molar-refractivity contribution < 1.29 is 44.3 Å². The van der Waals surface area contributed by atoms with Crippen LogP contribution < -0.4 is 34.7 Å². The van der Waals surface area contributed by atoms with Crippen molar-refractivity contribution in [1.82, 2.24) is 0 Å². The van der Waals surface area contributed by atoms with Gasteiger partial charge in [-0.1, -0.05) is 19.4 Å². The van der Waals surface area contributed by atoms with E-state index in [-0.39, 0.29) is 52.6 Å². The molecule has 0 aromatic rings. The molecule has 3 fully saturated rings. The number of fused-ring (bicyclic) bond motifs is 5. The second-order valence-electron chi connectivity index (χ2n) is 9.58. The average Bonchev–Trinajstić information content (AvgIpc) is 2.97. The average molecular weight is 389 g/mol. The summed E-state index contributed by atoms with van der Waals surface area (Å²) in [5.74, 6) is 0.863. The van der Waals surface area contributed by atoms with Gasteiger partial charge in [-0.15, -0.1) is 0 Å². The van der Waals surface area contributed by atoms with Gasteiger partial charge in [-0.05, 0) is 85.2 Å². The Bertz CT molecular complexity index is 807. The fraction of sp³-hybridized carbons (Fsp3) is 0.696. The number of hydrogen-bond donors (Lipinski definition) is 0. The van der Waals surface area contributed by atoms with Crippen molar-refractivity contribution in [3.8, 4) is 6.07 Å². The van der Waals surface area contributed by atoms with Gasteiger partial charge in [0.1, 0.15) is 0 Å². The number of allylic oxidation sites excluding steroid dienone is 2. The van der Waals surface area contributed by atoms with Crippen LogP contribution in [-0.2, 0) is 9.59 Å². The Kier molecular flexibility index (Phi) is 6.03. The second-order valence-corrected chi connectivity index (χ2v) is 9.58. The van der Waals surface area contributed by atoms with E-state index >= 15 is 0 Å². The first kappa shape index (κ1) is 21.8. The van der Waals surface area contributed by atoms with Crippen LogP contribution in [0.1, 0.15) is 71.6 Å². The Balaban J connectivity index is 0.00000225. The molecule has 0 amide bonds. The molecule has 0 heterocycles. The quantitative estimate of drug-likeness (QED) is 0.508. The van der Waals surface area contributed by atoms with E-state index in [4.69, 9.17) is 0 Å². The smallest absolute Gasteiger partial charge is 0.550 e. The number of carboxylic acid groups (broad SMARTS) is 1. The number of aliphatic carboxylic acids is 1. The number of carboxylic acids is 1. The summed E-state index contributed by atoms with van der Waals surface area (Å²) in [6.45, 7) is 4.63. The largest absolute Gasteiger partial charge is 1.00 e. The molecule has 4 aliphatic rings. The fourth-order valence-electron chi connectivity index (χ4n) is 7.23. The minimum Gasteiger partial charge on any atom is -0.550 e. The summed E-state index contributed by atoms with van der Waals surface area (Å²) in [7, 11) is 0. The number of rotatable bonds is 2. The van der Waals surface area contributed by atoms with Crippen LogP contribution in [0.15, 0.2) is 22.8 Å². The summed E-state index contributed by atoms with van der Waals surface area (Å²) in [6, 6.07) is 2.18. The van der Waals surface area contributed by atoms with Crippen molar-refractivity contribution in [2.45, 2.75) is 71.6 Å². The monoisotopic (exact) mass is 389 g/mol. The summed E-state index contributed by atoms with van der Waals surface area (Å²) in [6.07, 6.45) is 9.47. The Labute approximate surface area is 189 Å². The maximum absolute atomic E-state index is 11.9. The van der Waals surface area contributed by atoms with Gasteiger partial charge in [-0.2, -0.15) is 5.26 Å². The van der Waals surface area contributed by atoms with Crippen molar-refractivity contribution in [1.29, 1.82) is 5.26 Å². The first-order chi connectivity index (χ1) is 12.8. The third kappa shape index (κ3) is 3.24. The molecule has 0 spiro atoms. The number of carbonyl (C=O) groups is 2. The van der Waals surface area contributed by atoms with Crippen LogP contribution in [0.4, 0.5) is 0 Å².